The van der Waals surface area contributed by atoms with Crippen LogP contribution in [0.4, 0.5) is 0 Å². The first kappa shape index (κ1) is 23.7. The predicted octanol–water partition coefficient (Wildman–Crippen LogP) is 3.71. The summed E-state index contributed by atoms with van der Waals surface area (Å²) < 4.78 is 11.6. The molecule has 148 valence electrons. The maximum atomic E-state index is 5.47. The Balaban J connectivity index is 0.00000338. The van der Waals surface area contributed by atoms with Gasteiger partial charge in [0.05, 0.1) is 13.2 Å². The van der Waals surface area contributed by atoms with E-state index in [9.17, 15) is 0 Å². The number of halogens is 2. The van der Waals surface area contributed by atoms with E-state index >= 15 is 0 Å². The van der Waals surface area contributed by atoms with Gasteiger partial charge in [-0.3, -0.25) is 4.99 Å². The fraction of sp³-hybridized carbons (Fsp3) is 0.632. The monoisotopic (exact) mass is 539 g/mol. The van der Waals surface area contributed by atoms with Crippen molar-refractivity contribution in [3.63, 3.8) is 0 Å². The second-order valence-electron chi connectivity index (χ2n) is 6.46. The average molecular weight is 540 g/mol. The lowest BCUT2D eigenvalue weighted by Crippen LogP contribution is -2.49. The van der Waals surface area contributed by atoms with Crippen molar-refractivity contribution in [3.8, 4) is 0 Å². The molecule has 5 nitrogen and oxygen atoms in total. The predicted molar refractivity (Wildman–Crippen MR) is 122 cm³/mol. The second kappa shape index (κ2) is 12.9. The van der Waals surface area contributed by atoms with Gasteiger partial charge >= 0.3 is 0 Å². The third-order valence-corrected chi connectivity index (χ3v) is 5.25. The number of benzene rings is 1. The largest absolute Gasteiger partial charge is 0.382 e. The number of methoxy groups -OCH3 is 1. The number of nitrogens with zero attached hydrogens (tertiary/aromatic N) is 1. The number of nitrogens with one attached hydrogen (secondary N) is 2. The van der Waals surface area contributed by atoms with Gasteiger partial charge in [0, 0.05) is 43.7 Å². The van der Waals surface area contributed by atoms with Gasteiger partial charge in [0.25, 0.3) is 0 Å². The normalized spacial score (nSPS) is 15.7. The Morgan fingerprint density at radius 2 is 2.04 bits per heavy atom. The van der Waals surface area contributed by atoms with Gasteiger partial charge in [0.2, 0.25) is 0 Å². The van der Waals surface area contributed by atoms with Crippen LogP contribution in [0.15, 0.2) is 33.7 Å². The summed E-state index contributed by atoms with van der Waals surface area (Å²) in [4.78, 5) is 4.33. The molecule has 0 bridgehead atoms. The molecule has 0 radical (unpaired) electrons. The van der Waals surface area contributed by atoms with E-state index in [2.05, 4.69) is 55.8 Å². The van der Waals surface area contributed by atoms with Crippen LogP contribution in [0, 0.1) is 0 Å². The second-order valence-corrected chi connectivity index (χ2v) is 7.37. The van der Waals surface area contributed by atoms with Gasteiger partial charge in [0.1, 0.15) is 0 Å². The summed E-state index contributed by atoms with van der Waals surface area (Å²) in [7, 11) is 3.50. The number of aliphatic imine (C=N–C) groups is 1. The molecular formula is C19H31BrIN3O2. The van der Waals surface area contributed by atoms with E-state index in [1.54, 1.807) is 7.11 Å². The lowest BCUT2D eigenvalue weighted by Gasteiger charge is -2.43. The number of rotatable bonds is 10. The molecule has 1 saturated carbocycles. The molecule has 1 aliphatic rings. The summed E-state index contributed by atoms with van der Waals surface area (Å²) in [5, 5.41) is 6.87. The number of guanidine groups is 1. The van der Waals surface area contributed by atoms with E-state index in [-0.39, 0.29) is 29.4 Å². The lowest BCUT2D eigenvalue weighted by molar-refractivity contribution is 0.0698. The van der Waals surface area contributed by atoms with E-state index in [1.165, 1.54) is 24.8 Å². The van der Waals surface area contributed by atoms with Gasteiger partial charge < -0.3 is 20.1 Å². The van der Waals surface area contributed by atoms with Gasteiger partial charge in [-0.05, 0) is 37.0 Å². The molecule has 0 heterocycles. The van der Waals surface area contributed by atoms with Crippen molar-refractivity contribution >= 4 is 45.9 Å². The zero-order valence-corrected chi connectivity index (χ0v) is 19.6. The molecule has 1 aromatic rings. The molecule has 0 unspecified atom stereocenters. The van der Waals surface area contributed by atoms with Gasteiger partial charge in [-0.1, -0.05) is 34.5 Å². The molecule has 0 amide bonds. The fourth-order valence-electron chi connectivity index (χ4n) is 3.09. The quantitative estimate of drug-likeness (QED) is 0.206. The van der Waals surface area contributed by atoms with Crippen molar-refractivity contribution < 1.29 is 9.47 Å². The minimum atomic E-state index is 0. The van der Waals surface area contributed by atoms with E-state index in [0.717, 1.165) is 36.5 Å². The molecule has 1 aromatic carbocycles. The van der Waals surface area contributed by atoms with E-state index in [1.807, 2.05) is 7.05 Å². The first-order valence-electron chi connectivity index (χ1n) is 8.97. The van der Waals surface area contributed by atoms with Crippen LogP contribution in [0.5, 0.6) is 0 Å². The van der Waals surface area contributed by atoms with Crippen LogP contribution < -0.4 is 10.6 Å². The zero-order chi connectivity index (χ0) is 18.0. The third-order valence-electron chi connectivity index (χ3n) is 4.76. The van der Waals surface area contributed by atoms with Crippen molar-refractivity contribution in [1.82, 2.24) is 10.6 Å². The summed E-state index contributed by atoms with van der Waals surface area (Å²) in [6, 6.07) is 8.68. The van der Waals surface area contributed by atoms with Gasteiger partial charge in [-0.25, -0.2) is 0 Å². The Labute approximate surface area is 182 Å². The Kier molecular flexibility index (Phi) is 11.7. The lowest BCUT2D eigenvalue weighted by atomic mass is 9.64. The molecule has 0 atom stereocenters. The highest BCUT2D eigenvalue weighted by Crippen LogP contribution is 2.43. The molecule has 0 spiro atoms. The molecule has 7 heteroatoms. The van der Waals surface area contributed by atoms with Crippen LogP contribution in [0.1, 0.15) is 31.2 Å². The van der Waals surface area contributed by atoms with Crippen molar-refractivity contribution in [3.05, 3.63) is 34.3 Å². The maximum Gasteiger partial charge on any atom is 0.191 e. The summed E-state index contributed by atoms with van der Waals surface area (Å²) in [6.45, 7) is 3.78. The molecule has 2 N–H and O–H groups in total. The SMILES string of the molecule is CN=C(NCCCOCCOC)NCC1(c2cccc(Br)c2)CCC1.I. The zero-order valence-electron chi connectivity index (χ0n) is 15.7. The Hall–Kier alpha value is -0.380. The van der Waals surface area contributed by atoms with Crippen molar-refractivity contribution in [2.45, 2.75) is 31.1 Å². The fourth-order valence-corrected chi connectivity index (χ4v) is 3.49. The van der Waals surface area contributed by atoms with Gasteiger partial charge in [0.15, 0.2) is 5.96 Å². The number of ether oxygens (including phenoxy) is 2. The highest BCUT2D eigenvalue weighted by Gasteiger charge is 2.38. The highest BCUT2D eigenvalue weighted by molar-refractivity contribution is 14.0. The highest BCUT2D eigenvalue weighted by atomic mass is 127. The Morgan fingerprint density at radius 3 is 2.65 bits per heavy atom. The smallest absolute Gasteiger partial charge is 0.191 e. The topological polar surface area (TPSA) is 54.9 Å². The maximum absolute atomic E-state index is 5.47. The molecule has 0 aromatic heterocycles. The summed E-state index contributed by atoms with van der Waals surface area (Å²) in [6.07, 6.45) is 4.68. The average Bonchev–Trinajstić information content (AvgIpc) is 2.58. The van der Waals surface area contributed by atoms with Crippen molar-refractivity contribution in [2.24, 2.45) is 4.99 Å². The summed E-state index contributed by atoms with van der Waals surface area (Å²) in [5.41, 5.74) is 1.63. The molecule has 0 saturated heterocycles. The Bertz CT molecular complexity index is 553. The van der Waals surface area contributed by atoms with Crippen LogP contribution in [0.2, 0.25) is 0 Å². The molecule has 1 aliphatic carbocycles. The number of hydrogen-bond acceptors (Lipinski definition) is 3. The van der Waals surface area contributed by atoms with Gasteiger partial charge in [-0.2, -0.15) is 0 Å². The van der Waals surface area contributed by atoms with Crippen LogP contribution in [-0.2, 0) is 14.9 Å². The van der Waals surface area contributed by atoms with Crippen LogP contribution in [-0.4, -0.2) is 53.0 Å². The standard InChI is InChI=1S/C19H30BrN3O2.HI/c1-21-18(22-10-5-11-25-13-12-24-2)23-15-19(8-4-9-19)16-6-3-7-17(20)14-16;/h3,6-7,14H,4-5,8-13,15H2,1-2H3,(H2,21,22,23);1H. The van der Waals surface area contributed by atoms with Crippen molar-refractivity contribution in [2.75, 3.05) is 47.1 Å². The van der Waals surface area contributed by atoms with Crippen LogP contribution in [0.25, 0.3) is 0 Å². The number of hydrogen-bond donors (Lipinski definition) is 2. The van der Waals surface area contributed by atoms with Crippen LogP contribution >= 0.6 is 39.9 Å². The molecule has 1 fully saturated rings. The summed E-state index contributed by atoms with van der Waals surface area (Å²) >= 11 is 3.59. The third kappa shape index (κ3) is 7.32. The van der Waals surface area contributed by atoms with Gasteiger partial charge in [-0.15, -0.1) is 24.0 Å². The first-order chi connectivity index (χ1) is 12.2. The van der Waals surface area contributed by atoms with E-state index in [0.29, 0.717) is 13.2 Å². The molecule has 0 aliphatic heterocycles. The van der Waals surface area contributed by atoms with Crippen molar-refractivity contribution in [1.29, 1.82) is 0 Å². The Morgan fingerprint density at radius 1 is 1.23 bits per heavy atom. The molecular weight excluding hydrogens is 509 g/mol. The summed E-state index contributed by atoms with van der Waals surface area (Å²) in [5.74, 6) is 0.859. The minimum Gasteiger partial charge on any atom is -0.382 e. The first-order valence-corrected chi connectivity index (χ1v) is 9.77. The van der Waals surface area contributed by atoms with E-state index in [4.69, 9.17) is 9.47 Å². The minimum absolute atomic E-state index is 0. The van der Waals surface area contributed by atoms with Crippen LogP contribution in [0.3, 0.4) is 0 Å². The molecule has 2 rings (SSSR count). The molecule has 26 heavy (non-hydrogen) atoms. The van der Waals surface area contributed by atoms with E-state index < -0.39 is 0 Å².